The van der Waals surface area contributed by atoms with Crippen molar-refractivity contribution in [2.24, 2.45) is 5.89 Å². The minimum atomic E-state index is -3.01. The van der Waals surface area contributed by atoms with Gasteiger partial charge >= 0.3 is 0 Å². The molecule has 0 saturated carbocycles. The highest BCUT2D eigenvalue weighted by Crippen LogP contribution is 2.36. The average molecular weight is 340 g/mol. The SMILES string of the molecule is [2H]c1c([2H])c(C2C([2H])([2H])CNC[C@]2([2H])C([2H])([2H])Oc2ccc3c(c2)OC([2H])([2H])O3)c([2H])c([2H])c1F. The van der Waals surface area contributed by atoms with Gasteiger partial charge in [-0.05, 0) is 48.6 Å². The zero-order valence-electron chi connectivity index (χ0n) is 23.3. The van der Waals surface area contributed by atoms with Gasteiger partial charge in [0.25, 0.3) is 0 Å². The molecule has 2 aromatic rings. The molecule has 1 saturated heterocycles. The summed E-state index contributed by atoms with van der Waals surface area (Å²) in [7, 11) is 0. The Hall–Kier alpha value is -2.27. The molecule has 4 nitrogen and oxygen atoms in total. The van der Waals surface area contributed by atoms with Crippen LogP contribution in [0.3, 0.4) is 0 Å². The van der Waals surface area contributed by atoms with Crippen LogP contribution in [0.15, 0.2) is 42.4 Å². The van der Waals surface area contributed by atoms with E-state index in [4.69, 9.17) is 29.3 Å². The van der Waals surface area contributed by atoms with Gasteiger partial charge < -0.3 is 19.5 Å². The van der Waals surface area contributed by atoms with Gasteiger partial charge in [-0.15, -0.1) is 0 Å². The third-order valence-electron chi connectivity index (χ3n) is 3.52. The first-order valence-corrected chi connectivity index (χ1v) is 7.18. The Morgan fingerprint density at radius 2 is 2.17 bits per heavy atom. The summed E-state index contributed by atoms with van der Waals surface area (Å²) in [6.45, 7) is -6.36. The number of piperidine rings is 1. The van der Waals surface area contributed by atoms with Crippen molar-refractivity contribution < 1.29 is 33.7 Å². The number of fused-ring (bicyclic) bond motifs is 1. The van der Waals surface area contributed by atoms with Crippen LogP contribution in [0, 0.1) is 11.7 Å². The molecule has 2 aromatic carbocycles. The molecule has 24 heavy (non-hydrogen) atoms. The van der Waals surface area contributed by atoms with Gasteiger partial charge in [-0.25, -0.2) is 4.39 Å². The maximum Gasteiger partial charge on any atom is 0.231 e. The highest BCUT2D eigenvalue weighted by Gasteiger charge is 2.27. The predicted octanol–water partition coefficient (Wildman–Crippen LogP) is 3.33. The molecule has 4 rings (SSSR count). The second-order valence-corrected chi connectivity index (χ2v) is 5.09. The molecule has 0 radical (unpaired) electrons. The number of halogens is 1. The van der Waals surface area contributed by atoms with Crippen molar-refractivity contribution in [2.45, 2.75) is 12.3 Å². The molecule has 126 valence electrons. The van der Waals surface area contributed by atoms with Gasteiger partial charge in [0.15, 0.2) is 11.5 Å². The summed E-state index contributed by atoms with van der Waals surface area (Å²) in [6, 6.07) is -0.282. The number of nitrogens with one attached hydrogen (secondary N) is 1. The Labute approximate surface area is 156 Å². The van der Waals surface area contributed by atoms with Gasteiger partial charge in [0, 0.05) is 22.6 Å². The molecule has 0 aliphatic carbocycles. The molecule has 1 fully saturated rings. The van der Waals surface area contributed by atoms with E-state index >= 15 is 0 Å². The minimum absolute atomic E-state index is 0.0343. The fraction of sp³-hybridized carbons (Fsp3) is 0.368. The summed E-state index contributed by atoms with van der Waals surface area (Å²) in [5.41, 5.74) is -0.630. The summed E-state index contributed by atoms with van der Waals surface area (Å²) < 4.78 is 120. The first-order chi connectivity index (χ1) is 16.0. The van der Waals surface area contributed by atoms with E-state index in [0.29, 0.717) is 0 Å². The molecule has 2 atom stereocenters. The molecular weight excluding hydrogens is 309 g/mol. The van der Waals surface area contributed by atoms with E-state index in [2.05, 4.69) is 5.32 Å². The second kappa shape index (κ2) is 6.69. The van der Waals surface area contributed by atoms with E-state index in [1.54, 1.807) is 0 Å². The number of hydrogen-bond acceptors (Lipinski definition) is 4. The van der Waals surface area contributed by atoms with Crippen LogP contribution in [0.5, 0.6) is 17.2 Å². The van der Waals surface area contributed by atoms with Crippen LogP contribution in [0.2, 0.25) is 0 Å². The minimum Gasteiger partial charge on any atom is -0.493 e. The number of hydrogen-bond donors (Lipinski definition) is 1. The van der Waals surface area contributed by atoms with Crippen LogP contribution in [-0.4, -0.2) is 26.4 Å². The Bertz CT molecular complexity index is 1170. The fourth-order valence-corrected chi connectivity index (χ4v) is 2.37. The predicted molar refractivity (Wildman–Crippen MR) is 88.2 cm³/mol. The Morgan fingerprint density at radius 3 is 3.04 bits per heavy atom. The van der Waals surface area contributed by atoms with E-state index in [9.17, 15) is 4.39 Å². The van der Waals surface area contributed by atoms with Crippen LogP contribution < -0.4 is 19.5 Å². The fourth-order valence-electron chi connectivity index (χ4n) is 2.37. The van der Waals surface area contributed by atoms with Crippen molar-refractivity contribution in [2.75, 3.05) is 26.4 Å². The highest BCUT2D eigenvalue weighted by atomic mass is 19.1. The molecule has 0 spiro atoms. The molecule has 0 aromatic heterocycles. The van der Waals surface area contributed by atoms with Crippen molar-refractivity contribution in [3.8, 4) is 17.2 Å². The summed E-state index contributed by atoms with van der Waals surface area (Å²) in [6.07, 6.45) is -2.45. The second-order valence-electron chi connectivity index (χ2n) is 5.09. The third kappa shape index (κ3) is 3.17. The summed E-state index contributed by atoms with van der Waals surface area (Å²) >= 11 is 0. The van der Waals surface area contributed by atoms with Crippen molar-refractivity contribution in [1.29, 1.82) is 0 Å². The Kier molecular flexibility index (Phi) is 2.04. The lowest BCUT2D eigenvalue weighted by molar-refractivity contribution is 0.173. The van der Waals surface area contributed by atoms with E-state index in [0.717, 1.165) is 6.07 Å². The average Bonchev–Trinajstić information content (AvgIpc) is 3.05. The quantitative estimate of drug-likeness (QED) is 0.927. The van der Waals surface area contributed by atoms with Gasteiger partial charge in [-0.3, -0.25) is 0 Å². The first kappa shape index (κ1) is 7.31. The van der Waals surface area contributed by atoms with Crippen molar-refractivity contribution in [1.82, 2.24) is 5.32 Å². The number of benzene rings is 2. The molecule has 2 heterocycles. The lowest BCUT2D eigenvalue weighted by Gasteiger charge is -2.32. The van der Waals surface area contributed by atoms with Gasteiger partial charge in [0.05, 0.1) is 14.8 Å². The monoisotopic (exact) mass is 340 g/mol. The van der Waals surface area contributed by atoms with Crippen LogP contribution in [0.1, 0.15) is 32.9 Å². The zero-order valence-corrected chi connectivity index (χ0v) is 12.3. The van der Waals surface area contributed by atoms with Crippen molar-refractivity contribution in [3.05, 3.63) is 53.7 Å². The maximum absolute atomic E-state index is 14.2. The molecule has 0 bridgehead atoms. The summed E-state index contributed by atoms with van der Waals surface area (Å²) in [4.78, 5) is 0. The van der Waals surface area contributed by atoms with Crippen LogP contribution >= 0.6 is 0 Å². The molecule has 5 heteroatoms. The van der Waals surface area contributed by atoms with E-state index in [1.165, 1.54) is 12.1 Å². The lowest BCUT2D eigenvalue weighted by Crippen LogP contribution is -2.38. The third-order valence-corrected chi connectivity index (χ3v) is 3.52. The standard InChI is InChI=1S/C19H20FNO3/c20-15-3-1-13(2-4-15)17-7-8-21-10-14(17)11-22-16-5-6-18-19(9-16)24-12-23-18/h1-6,9,14,17,21H,7-8,10-12H2/t14-,17?/m1/s1/i1D,2D,3D,4D,7D2,11D2,12D2,14D. The van der Waals surface area contributed by atoms with E-state index < -0.39 is 80.1 Å². The Balaban J connectivity index is 1.80. The topological polar surface area (TPSA) is 39.7 Å². The van der Waals surface area contributed by atoms with Crippen LogP contribution in [0.25, 0.3) is 0 Å². The number of rotatable bonds is 4. The molecule has 2 aliphatic rings. The normalized spacial score (nSPS) is 36.9. The first-order valence-electron chi connectivity index (χ1n) is 12.7. The largest absolute Gasteiger partial charge is 0.493 e. The van der Waals surface area contributed by atoms with E-state index in [1.807, 2.05) is 0 Å². The zero-order chi connectivity index (χ0) is 26.1. The van der Waals surface area contributed by atoms with Gasteiger partial charge in [-0.2, -0.15) is 0 Å². The highest BCUT2D eigenvalue weighted by molar-refractivity contribution is 5.46. The smallest absolute Gasteiger partial charge is 0.231 e. The summed E-state index contributed by atoms with van der Waals surface area (Å²) in [5.74, 6) is -6.16. The lowest BCUT2D eigenvalue weighted by atomic mass is 9.81. The van der Waals surface area contributed by atoms with Crippen molar-refractivity contribution in [3.63, 3.8) is 0 Å². The number of ether oxygens (including phenoxy) is 3. The molecule has 1 N–H and O–H groups in total. The van der Waals surface area contributed by atoms with Gasteiger partial charge in [0.1, 0.15) is 14.3 Å². The van der Waals surface area contributed by atoms with Crippen molar-refractivity contribution >= 4 is 0 Å². The Morgan fingerprint density at radius 1 is 1.33 bits per heavy atom. The van der Waals surface area contributed by atoms with E-state index in [-0.39, 0.29) is 17.2 Å². The van der Waals surface area contributed by atoms with Crippen LogP contribution in [-0.2, 0) is 0 Å². The maximum atomic E-state index is 14.2. The van der Waals surface area contributed by atoms with Gasteiger partial charge in [0.2, 0.25) is 6.75 Å². The molecular formula is C19H20FNO3. The van der Waals surface area contributed by atoms with Gasteiger partial charge in [-0.1, -0.05) is 12.1 Å². The molecule has 0 amide bonds. The summed E-state index contributed by atoms with van der Waals surface area (Å²) in [5, 5.41) is 2.62. The molecule has 2 aliphatic heterocycles. The van der Waals surface area contributed by atoms with Crippen LogP contribution in [0.4, 0.5) is 4.39 Å². The molecule has 1 unspecified atom stereocenters.